The number of aromatic nitrogens is 1. The molecule has 8 heteroatoms. The van der Waals surface area contributed by atoms with Crippen LogP contribution in [0.2, 0.25) is 0 Å². The summed E-state index contributed by atoms with van der Waals surface area (Å²) < 4.78 is 19.1. The van der Waals surface area contributed by atoms with Crippen LogP contribution >= 0.6 is 0 Å². The number of benzene rings is 3. The Bertz CT molecular complexity index is 1380. The normalized spacial score (nSPS) is 11.2. The lowest BCUT2D eigenvalue weighted by Gasteiger charge is -2.15. The number of halogens is 1. The highest BCUT2D eigenvalue weighted by Crippen LogP contribution is 2.44. The minimum atomic E-state index is -0.405. The fourth-order valence-corrected chi connectivity index (χ4v) is 4.34. The molecule has 0 spiro atoms. The van der Waals surface area contributed by atoms with Gasteiger partial charge < -0.3 is 25.0 Å². The number of rotatable bonds is 9. The summed E-state index contributed by atoms with van der Waals surface area (Å²) >= 11 is 0. The average molecular weight is 505 g/mol. The second-order valence-corrected chi connectivity index (χ2v) is 8.82. The summed E-state index contributed by atoms with van der Waals surface area (Å²) in [5.41, 5.74) is 3.54. The van der Waals surface area contributed by atoms with Crippen LogP contribution in [-0.2, 0) is 6.54 Å². The van der Waals surface area contributed by atoms with E-state index >= 15 is 0 Å². The molecule has 7 nitrogen and oxygen atoms in total. The molecule has 0 aliphatic carbocycles. The summed E-state index contributed by atoms with van der Waals surface area (Å²) in [6.45, 7) is 9.44. The molecule has 0 radical (unpaired) electrons. The lowest BCUT2D eigenvalue weighted by molar-refractivity contribution is -0.910. The van der Waals surface area contributed by atoms with E-state index in [0.29, 0.717) is 28.8 Å². The van der Waals surface area contributed by atoms with Crippen LogP contribution in [-0.4, -0.2) is 40.9 Å². The number of nitrogens with one attached hydrogen (secondary N) is 2. The zero-order valence-corrected chi connectivity index (χ0v) is 21.1. The van der Waals surface area contributed by atoms with Gasteiger partial charge in [-0.05, 0) is 50.1 Å². The number of carbonyl (C=O) groups is 1. The number of aromatic hydroxyl groups is 2. The van der Waals surface area contributed by atoms with E-state index in [2.05, 4.69) is 24.3 Å². The highest BCUT2D eigenvalue weighted by molar-refractivity contribution is 6.03. The zero-order chi connectivity index (χ0) is 26.5. The van der Waals surface area contributed by atoms with Crippen molar-refractivity contribution in [3.63, 3.8) is 0 Å². The smallest absolute Gasteiger partial charge is 0.274 e. The summed E-state index contributed by atoms with van der Waals surface area (Å²) in [7, 11) is 0. The molecular formula is C29H31FN3O4+. The highest BCUT2D eigenvalue weighted by atomic mass is 19.1. The number of amides is 1. The van der Waals surface area contributed by atoms with E-state index in [1.807, 2.05) is 31.2 Å². The number of hydrogen-bond donors (Lipinski definition) is 4. The molecule has 0 atom stereocenters. The van der Waals surface area contributed by atoms with Crippen molar-refractivity contribution in [2.24, 2.45) is 0 Å². The Balaban J connectivity index is 1.84. The molecule has 4 aromatic rings. The lowest BCUT2D eigenvalue weighted by Crippen LogP contribution is -3.10. The topological polar surface area (TPSA) is 100 Å². The maximum absolute atomic E-state index is 13.5. The van der Waals surface area contributed by atoms with Gasteiger partial charge in [0.05, 0.1) is 24.2 Å². The molecule has 4 rings (SSSR count). The van der Waals surface area contributed by atoms with Gasteiger partial charge in [-0.1, -0.05) is 41.6 Å². The van der Waals surface area contributed by atoms with Gasteiger partial charge in [-0.3, -0.25) is 4.79 Å². The van der Waals surface area contributed by atoms with Crippen molar-refractivity contribution in [2.45, 2.75) is 27.3 Å². The molecule has 0 fully saturated rings. The van der Waals surface area contributed by atoms with Crippen molar-refractivity contribution < 1.29 is 28.8 Å². The molecule has 0 aliphatic rings. The Morgan fingerprint density at radius 2 is 1.54 bits per heavy atom. The Morgan fingerprint density at radius 1 is 0.919 bits per heavy atom. The average Bonchev–Trinajstić information content (AvgIpc) is 3.33. The fourth-order valence-electron chi connectivity index (χ4n) is 4.34. The van der Waals surface area contributed by atoms with Gasteiger partial charge in [0.15, 0.2) is 11.5 Å². The van der Waals surface area contributed by atoms with E-state index in [0.717, 1.165) is 25.2 Å². The van der Waals surface area contributed by atoms with Crippen LogP contribution in [0.15, 0.2) is 65.2 Å². The van der Waals surface area contributed by atoms with Crippen molar-refractivity contribution in [3.8, 4) is 45.1 Å². The van der Waals surface area contributed by atoms with Crippen LogP contribution in [0.25, 0.3) is 33.6 Å². The number of nitrogens with zero attached hydrogens (tertiary/aromatic N) is 1. The maximum Gasteiger partial charge on any atom is 0.274 e. The first-order valence-electron chi connectivity index (χ1n) is 12.4. The van der Waals surface area contributed by atoms with Crippen molar-refractivity contribution in [1.29, 1.82) is 0 Å². The van der Waals surface area contributed by atoms with Crippen molar-refractivity contribution >= 4 is 5.91 Å². The molecule has 0 bridgehead atoms. The number of hydrogen-bond acceptors (Lipinski definition) is 5. The molecule has 1 aromatic heterocycles. The van der Waals surface area contributed by atoms with E-state index in [1.54, 1.807) is 6.07 Å². The Hall–Kier alpha value is -4.17. The fraction of sp³-hybridized carbons (Fsp3) is 0.241. The molecule has 192 valence electrons. The summed E-state index contributed by atoms with van der Waals surface area (Å²) in [5, 5.41) is 28.1. The second kappa shape index (κ2) is 11.3. The standard InChI is InChI=1S/C29H30FN3O4/c1-4-31-29(36)27-26(20-9-7-18(8-10-20)17-33(5-2)6-3)28(37-32-27)23-15-22(24(34)16-25(23)35)19-11-13-21(30)14-12-19/h7-16,34-35H,4-6,17H2,1-3H3,(H,31,36)/p+1. The summed E-state index contributed by atoms with van der Waals surface area (Å²) in [6.07, 6.45) is 0. The highest BCUT2D eigenvalue weighted by Gasteiger charge is 2.27. The summed E-state index contributed by atoms with van der Waals surface area (Å²) in [6, 6.07) is 16.2. The van der Waals surface area contributed by atoms with Crippen LogP contribution in [0.1, 0.15) is 36.8 Å². The predicted molar refractivity (Wildman–Crippen MR) is 140 cm³/mol. The predicted octanol–water partition coefficient (Wildman–Crippen LogP) is 4.40. The van der Waals surface area contributed by atoms with Crippen LogP contribution in [0.3, 0.4) is 0 Å². The number of quaternary nitrogens is 1. The minimum Gasteiger partial charge on any atom is -0.507 e. The molecule has 0 saturated carbocycles. The maximum atomic E-state index is 13.5. The van der Waals surface area contributed by atoms with Gasteiger partial charge in [-0.2, -0.15) is 0 Å². The van der Waals surface area contributed by atoms with Gasteiger partial charge in [0, 0.05) is 23.7 Å². The Kier molecular flexibility index (Phi) is 7.89. The number of phenolic OH excluding ortho intramolecular Hbond substituents is 2. The monoisotopic (exact) mass is 504 g/mol. The summed E-state index contributed by atoms with van der Waals surface area (Å²) in [4.78, 5) is 14.3. The first kappa shape index (κ1) is 25.9. The first-order chi connectivity index (χ1) is 17.9. The first-order valence-corrected chi connectivity index (χ1v) is 12.4. The third kappa shape index (κ3) is 5.49. The molecule has 0 saturated heterocycles. The van der Waals surface area contributed by atoms with Crippen molar-refractivity contribution in [3.05, 3.63) is 77.7 Å². The molecular weight excluding hydrogens is 473 g/mol. The molecule has 1 heterocycles. The molecule has 4 N–H and O–H groups in total. The molecule has 1 amide bonds. The van der Waals surface area contributed by atoms with Gasteiger partial charge in [0.25, 0.3) is 5.91 Å². The van der Waals surface area contributed by atoms with Crippen LogP contribution in [0.4, 0.5) is 4.39 Å². The van der Waals surface area contributed by atoms with Gasteiger partial charge in [-0.15, -0.1) is 0 Å². The lowest BCUT2D eigenvalue weighted by atomic mass is 9.94. The van der Waals surface area contributed by atoms with Crippen LogP contribution in [0, 0.1) is 5.82 Å². The van der Waals surface area contributed by atoms with Crippen molar-refractivity contribution in [1.82, 2.24) is 10.5 Å². The van der Waals surface area contributed by atoms with Gasteiger partial charge in [0.2, 0.25) is 0 Å². The van der Waals surface area contributed by atoms with Gasteiger partial charge >= 0.3 is 0 Å². The number of carbonyl (C=O) groups excluding carboxylic acids is 1. The third-order valence-electron chi connectivity index (χ3n) is 6.46. The largest absolute Gasteiger partial charge is 0.507 e. The minimum absolute atomic E-state index is 0.0924. The van der Waals surface area contributed by atoms with E-state index in [9.17, 15) is 19.4 Å². The van der Waals surface area contributed by atoms with Crippen LogP contribution in [0.5, 0.6) is 11.5 Å². The van der Waals surface area contributed by atoms with Crippen molar-refractivity contribution in [2.75, 3.05) is 19.6 Å². The quantitative estimate of drug-likeness (QED) is 0.271. The van der Waals surface area contributed by atoms with Gasteiger partial charge in [0.1, 0.15) is 23.9 Å². The molecule has 0 unspecified atom stereocenters. The van der Waals surface area contributed by atoms with Gasteiger partial charge in [-0.25, -0.2) is 4.39 Å². The van der Waals surface area contributed by atoms with E-state index in [4.69, 9.17) is 4.52 Å². The second-order valence-electron chi connectivity index (χ2n) is 8.82. The third-order valence-corrected chi connectivity index (χ3v) is 6.46. The molecule has 37 heavy (non-hydrogen) atoms. The Morgan fingerprint density at radius 3 is 2.16 bits per heavy atom. The summed E-state index contributed by atoms with van der Waals surface area (Å²) in [5.74, 6) is -1.05. The SMILES string of the molecule is CCNC(=O)c1noc(-c2cc(-c3ccc(F)cc3)c(O)cc2O)c1-c1ccc(C[NH+](CC)CC)cc1. The molecule has 0 aliphatic heterocycles. The van der Waals surface area contributed by atoms with E-state index in [-0.39, 0.29) is 28.5 Å². The van der Waals surface area contributed by atoms with E-state index in [1.165, 1.54) is 35.2 Å². The number of phenols is 2. The zero-order valence-electron chi connectivity index (χ0n) is 21.1. The Labute approximate surface area is 215 Å². The van der Waals surface area contributed by atoms with E-state index < -0.39 is 11.7 Å². The molecule has 3 aromatic carbocycles. The van der Waals surface area contributed by atoms with Crippen LogP contribution < -0.4 is 10.2 Å².